The smallest absolute Gasteiger partial charge is 0.314 e. The lowest BCUT2D eigenvalue weighted by Crippen LogP contribution is -2.19. The van der Waals surface area contributed by atoms with E-state index in [1.54, 1.807) is 0 Å². The van der Waals surface area contributed by atoms with E-state index in [0.717, 1.165) is 51.3 Å². The standard InChI is InChI=1S/C32H33NO4/c1-21-27(19-31(2,3)20-28(34)24-7-5-4-6-8-24)29(37-33-21)25-11-9-22(10-12-25)23-13-15-26(16-14-23)32(17-18-32)30(35)36/h4-16,28,34H,17-20H2,1-3H3,(H,35,36). The molecule has 0 saturated heterocycles. The molecule has 37 heavy (non-hydrogen) atoms. The second kappa shape index (κ2) is 9.64. The number of rotatable bonds is 9. The van der Waals surface area contributed by atoms with E-state index in [9.17, 15) is 15.0 Å². The van der Waals surface area contributed by atoms with Crippen LogP contribution < -0.4 is 0 Å². The Morgan fingerprint density at radius 1 is 0.946 bits per heavy atom. The number of hydrogen-bond acceptors (Lipinski definition) is 4. The summed E-state index contributed by atoms with van der Waals surface area (Å²) in [5.41, 5.74) is 5.93. The molecule has 0 spiro atoms. The lowest BCUT2D eigenvalue weighted by molar-refractivity contribution is -0.140. The lowest BCUT2D eigenvalue weighted by Gasteiger charge is -2.27. The minimum Gasteiger partial charge on any atom is -0.481 e. The zero-order valence-electron chi connectivity index (χ0n) is 21.6. The molecule has 5 rings (SSSR count). The van der Waals surface area contributed by atoms with Crippen LogP contribution in [0, 0.1) is 12.3 Å². The van der Waals surface area contributed by atoms with Crippen LogP contribution in [-0.4, -0.2) is 21.3 Å². The van der Waals surface area contributed by atoms with E-state index in [-0.39, 0.29) is 5.41 Å². The second-order valence-electron chi connectivity index (χ2n) is 11.1. The Morgan fingerprint density at radius 3 is 2.08 bits per heavy atom. The van der Waals surface area contributed by atoms with Gasteiger partial charge in [0.25, 0.3) is 0 Å². The van der Waals surface area contributed by atoms with E-state index < -0.39 is 17.5 Å². The fourth-order valence-corrected chi connectivity index (χ4v) is 5.24. The van der Waals surface area contributed by atoms with Gasteiger partial charge in [0.2, 0.25) is 0 Å². The first-order chi connectivity index (χ1) is 17.7. The van der Waals surface area contributed by atoms with Crippen molar-refractivity contribution in [2.75, 3.05) is 0 Å². The van der Waals surface area contributed by atoms with E-state index in [2.05, 4.69) is 31.1 Å². The minimum atomic E-state index is -0.736. The summed E-state index contributed by atoms with van der Waals surface area (Å²) < 4.78 is 5.78. The molecule has 4 aromatic rings. The summed E-state index contributed by atoms with van der Waals surface area (Å²) >= 11 is 0. The van der Waals surface area contributed by atoms with Crippen LogP contribution in [0.25, 0.3) is 22.5 Å². The number of hydrogen-bond donors (Lipinski definition) is 2. The molecule has 5 nitrogen and oxygen atoms in total. The molecular formula is C32H33NO4. The molecule has 1 aliphatic rings. The van der Waals surface area contributed by atoms with Gasteiger partial charge in [0.1, 0.15) is 0 Å². The SMILES string of the molecule is Cc1noc(-c2ccc(-c3ccc(C4(C(=O)O)CC4)cc3)cc2)c1CC(C)(C)CC(O)c1ccccc1. The van der Waals surface area contributed by atoms with Gasteiger partial charge in [-0.05, 0) is 60.3 Å². The summed E-state index contributed by atoms with van der Waals surface area (Å²) in [6, 6.07) is 25.8. The van der Waals surface area contributed by atoms with Crippen molar-refractivity contribution in [1.82, 2.24) is 5.16 Å². The number of aliphatic carboxylic acids is 1. The predicted molar refractivity (Wildman–Crippen MR) is 144 cm³/mol. The molecule has 1 atom stereocenters. The third kappa shape index (κ3) is 5.09. The van der Waals surface area contributed by atoms with Crippen molar-refractivity contribution < 1.29 is 19.5 Å². The number of aliphatic hydroxyl groups excluding tert-OH is 1. The molecule has 2 N–H and O–H groups in total. The molecule has 1 heterocycles. The summed E-state index contributed by atoms with van der Waals surface area (Å²) in [5, 5.41) is 24.6. The fourth-order valence-electron chi connectivity index (χ4n) is 5.24. The first kappa shape index (κ1) is 25.0. The highest BCUT2D eigenvalue weighted by Crippen LogP contribution is 2.48. The Kier molecular flexibility index (Phi) is 6.50. The van der Waals surface area contributed by atoms with Crippen LogP contribution in [0.1, 0.15) is 61.6 Å². The molecule has 5 heteroatoms. The van der Waals surface area contributed by atoms with Gasteiger partial charge in [0.15, 0.2) is 5.76 Å². The maximum absolute atomic E-state index is 11.6. The van der Waals surface area contributed by atoms with Crippen LogP contribution in [0.4, 0.5) is 0 Å². The number of nitrogens with zero attached hydrogens (tertiary/aromatic N) is 1. The molecule has 1 aliphatic carbocycles. The number of benzene rings is 3. The van der Waals surface area contributed by atoms with Crippen molar-refractivity contribution in [3.63, 3.8) is 0 Å². The van der Waals surface area contributed by atoms with E-state index in [1.165, 1.54) is 0 Å². The van der Waals surface area contributed by atoms with Gasteiger partial charge in [0, 0.05) is 11.1 Å². The molecule has 1 unspecified atom stereocenters. The summed E-state index contributed by atoms with van der Waals surface area (Å²) in [5.74, 6) is 0.0271. The zero-order chi connectivity index (χ0) is 26.2. The predicted octanol–water partition coefficient (Wildman–Crippen LogP) is 7.13. The van der Waals surface area contributed by atoms with Crippen molar-refractivity contribution >= 4 is 5.97 Å². The Labute approximate surface area is 217 Å². The molecule has 190 valence electrons. The van der Waals surface area contributed by atoms with Crippen LogP contribution in [0.5, 0.6) is 0 Å². The van der Waals surface area contributed by atoms with Gasteiger partial charge in [-0.2, -0.15) is 0 Å². The van der Waals surface area contributed by atoms with E-state index >= 15 is 0 Å². The van der Waals surface area contributed by atoms with Crippen LogP contribution in [0.15, 0.2) is 83.4 Å². The number of carbonyl (C=O) groups is 1. The van der Waals surface area contributed by atoms with E-state index in [1.807, 2.05) is 73.7 Å². The number of aromatic nitrogens is 1. The van der Waals surface area contributed by atoms with E-state index in [4.69, 9.17) is 4.52 Å². The fraction of sp³-hybridized carbons (Fsp3) is 0.312. The van der Waals surface area contributed by atoms with Crippen LogP contribution in [0.2, 0.25) is 0 Å². The number of aryl methyl sites for hydroxylation is 1. The maximum atomic E-state index is 11.6. The van der Waals surface area contributed by atoms with Gasteiger partial charge in [-0.3, -0.25) is 4.79 Å². The molecular weight excluding hydrogens is 462 g/mol. The Morgan fingerprint density at radius 2 is 1.51 bits per heavy atom. The summed E-state index contributed by atoms with van der Waals surface area (Å²) in [4.78, 5) is 11.6. The Hall–Kier alpha value is -3.70. The molecule has 1 saturated carbocycles. The molecule has 3 aromatic carbocycles. The monoisotopic (exact) mass is 495 g/mol. The second-order valence-corrected chi connectivity index (χ2v) is 11.1. The van der Waals surface area contributed by atoms with Gasteiger partial charge < -0.3 is 14.7 Å². The quantitative estimate of drug-likeness (QED) is 0.258. The third-order valence-electron chi connectivity index (χ3n) is 7.65. The summed E-state index contributed by atoms with van der Waals surface area (Å²) in [6.45, 7) is 6.29. The first-order valence-corrected chi connectivity index (χ1v) is 12.8. The van der Waals surface area contributed by atoms with Crippen molar-refractivity contribution in [1.29, 1.82) is 0 Å². The average molecular weight is 496 g/mol. The van der Waals surface area contributed by atoms with Gasteiger partial charge in [0.05, 0.1) is 17.2 Å². The first-order valence-electron chi connectivity index (χ1n) is 12.8. The third-order valence-corrected chi connectivity index (χ3v) is 7.65. The molecule has 0 aliphatic heterocycles. The zero-order valence-corrected chi connectivity index (χ0v) is 21.6. The van der Waals surface area contributed by atoms with E-state index in [0.29, 0.717) is 19.3 Å². The van der Waals surface area contributed by atoms with Crippen LogP contribution >= 0.6 is 0 Å². The largest absolute Gasteiger partial charge is 0.481 e. The van der Waals surface area contributed by atoms with Gasteiger partial charge >= 0.3 is 5.97 Å². The van der Waals surface area contributed by atoms with Crippen molar-refractivity contribution in [3.05, 3.63) is 101 Å². The number of carboxylic acid groups (broad SMARTS) is 1. The maximum Gasteiger partial charge on any atom is 0.314 e. The average Bonchev–Trinajstić information content (AvgIpc) is 3.64. The highest BCUT2D eigenvalue weighted by Gasteiger charge is 2.51. The number of aliphatic hydroxyl groups is 1. The van der Waals surface area contributed by atoms with Crippen molar-refractivity contribution in [3.8, 4) is 22.5 Å². The highest BCUT2D eigenvalue weighted by molar-refractivity contribution is 5.85. The van der Waals surface area contributed by atoms with Crippen LogP contribution in [0.3, 0.4) is 0 Å². The highest BCUT2D eigenvalue weighted by atomic mass is 16.5. The van der Waals surface area contributed by atoms with Crippen molar-refractivity contribution in [2.24, 2.45) is 5.41 Å². The summed E-state index contributed by atoms with van der Waals surface area (Å²) in [7, 11) is 0. The van der Waals surface area contributed by atoms with Crippen molar-refractivity contribution in [2.45, 2.75) is 58.0 Å². The molecule has 0 bridgehead atoms. The minimum absolute atomic E-state index is 0.170. The van der Waals surface area contributed by atoms with Gasteiger partial charge in [-0.15, -0.1) is 0 Å². The molecule has 0 radical (unpaired) electrons. The lowest BCUT2D eigenvalue weighted by atomic mass is 9.78. The van der Waals surface area contributed by atoms with Gasteiger partial charge in [-0.1, -0.05) is 97.9 Å². The normalized spacial score (nSPS) is 15.4. The summed E-state index contributed by atoms with van der Waals surface area (Å²) in [6.07, 6.45) is 2.24. The van der Waals surface area contributed by atoms with Crippen LogP contribution in [-0.2, 0) is 16.6 Å². The molecule has 1 aromatic heterocycles. The molecule has 1 fully saturated rings. The molecule has 0 amide bonds. The Bertz CT molecular complexity index is 1380. The number of carboxylic acids is 1. The Balaban J connectivity index is 1.33. The topological polar surface area (TPSA) is 83.6 Å². The van der Waals surface area contributed by atoms with Gasteiger partial charge in [-0.25, -0.2) is 0 Å².